The fourth-order valence-corrected chi connectivity index (χ4v) is 2.40. The highest BCUT2D eigenvalue weighted by Gasteiger charge is 2.42. The van der Waals surface area contributed by atoms with Crippen LogP contribution >= 0.6 is 0 Å². The van der Waals surface area contributed by atoms with Gasteiger partial charge in [-0.05, 0) is 53.4 Å². The lowest BCUT2D eigenvalue weighted by molar-refractivity contribution is 0.0130. The number of carbonyl (C=O) groups is 1. The zero-order chi connectivity index (χ0) is 13.3. The summed E-state index contributed by atoms with van der Waals surface area (Å²) in [5.41, 5.74) is -0.635. The fourth-order valence-electron chi connectivity index (χ4n) is 2.40. The van der Waals surface area contributed by atoms with Crippen molar-refractivity contribution in [3.05, 3.63) is 0 Å². The van der Waals surface area contributed by atoms with E-state index in [1.54, 1.807) is 4.90 Å². The highest BCUT2D eigenvalue weighted by atomic mass is 16.6. The lowest BCUT2D eigenvalue weighted by Gasteiger charge is -2.33. The molecule has 1 amide bonds. The number of nitrogens with zero attached hydrogens (tertiary/aromatic N) is 1. The standard InChI is InChI=1S/C13H25NO3/c1-12(2,3)17-11(16)14-9-10(6-7-15)8-13(14,4)5/h10,15H,6-9H2,1-5H3. The maximum Gasteiger partial charge on any atom is 0.410 e. The summed E-state index contributed by atoms with van der Waals surface area (Å²) in [5, 5.41) is 8.97. The van der Waals surface area contributed by atoms with E-state index < -0.39 is 5.60 Å². The van der Waals surface area contributed by atoms with Gasteiger partial charge < -0.3 is 14.7 Å². The van der Waals surface area contributed by atoms with Crippen molar-refractivity contribution in [1.29, 1.82) is 0 Å². The molecule has 0 radical (unpaired) electrons. The van der Waals surface area contributed by atoms with Crippen molar-refractivity contribution < 1.29 is 14.6 Å². The molecule has 0 aromatic carbocycles. The molecule has 0 aromatic heterocycles. The van der Waals surface area contributed by atoms with Crippen molar-refractivity contribution in [3.8, 4) is 0 Å². The molecule has 1 fully saturated rings. The van der Waals surface area contributed by atoms with E-state index in [-0.39, 0.29) is 18.2 Å². The van der Waals surface area contributed by atoms with Gasteiger partial charge in [0.2, 0.25) is 0 Å². The molecule has 1 atom stereocenters. The first-order valence-electron chi connectivity index (χ1n) is 6.27. The third-order valence-corrected chi connectivity index (χ3v) is 3.11. The summed E-state index contributed by atoms with van der Waals surface area (Å²) in [6, 6.07) is 0. The van der Waals surface area contributed by atoms with Gasteiger partial charge >= 0.3 is 6.09 Å². The van der Waals surface area contributed by atoms with Crippen molar-refractivity contribution in [2.75, 3.05) is 13.2 Å². The van der Waals surface area contributed by atoms with Gasteiger partial charge in [-0.15, -0.1) is 0 Å². The van der Waals surface area contributed by atoms with Crippen molar-refractivity contribution in [2.24, 2.45) is 5.92 Å². The number of rotatable bonds is 2. The van der Waals surface area contributed by atoms with Gasteiger partial charge in [0.1, 0.15) is 5.60 Å². The first-order valence-corrected chi connectivity index (χ1v) is 6.27. The molecular weight excluding hydrogens is 218 g/mol. The molecule has 1 N–H and O–H groups in total. The molecule has 1 saturated heterocycles. The molecule has 1 heterocycles. The monoisotopic (exact) mass is 243 g/mol. The Hall–Kier alpha value is -0.770. The molecule has 1 unspecified atom stereocenters. The van der Waals surface area contributed by atoms with E-state index in [1.807, 2.05) is 34.6 Å². The second-order valence-corrected chi connectivity index (χ2v) is 6.49. The van der Waals surface area contributed by atoms with Gasteiger partial charge in [-0.3, -0.25) is 0 Å². The first kappa shape index (κ1) is 14.3. The molecular formula is C13H25NO3. The van der Waals surface area contributed by atoms with Crippen LogP contribution < -0.4 is 0 Å². The van der Waals surface area contributed by atoms with Crippen LogP contribution in [0.2, 0.25) is 0 Å². The van der Waals surface area contributed by atoms with Gasteiger partial charge in [0.15, 0.2) is 0 Å². The minimum absolute atomic E-state index is 0.178. The van der Waals surface area contributed by atoms with Gasteiger partial charge in [-0.25, -0.2) is 4.79 Å². The van der Waals surface area contributed by atoms with E-state index in [1.165, 1.54) is 0 Å². The van der Waals surface area contributed by atoms with Crippen LogP contribution in [0.25, 0.3) is 0 Å². The summed E-state index contributed by atoms with van der Waals surface area (Å²) >= 11 is 0. The molecule has 1 aliphatic rings. The smallest absolute Gasteiger partial charge is 0.410 e. The Morgan fingerprint density at radius 3 is 2.53 bits per heavy atom. The summed E-state index contributed by atoms with van der Waals surface area (Å²) in [6.07, 6.45) is 1.43. The number of likely N-dealkylation sites (tertiary alicyclic amines) is 1. The zero-order valence-corrected chi connectivity index (χ0v) is 11.6. The average molecular weight is 243 g/mol. The predicted octanol–water partition coefficient (Wildman–Crippen LogP) is 2.40. The fraction of sp³-hybridized carbons (Fsp3) is 0.923. The Morgan fingerprint density at radius 2 is 2.06 bits per heavy atom. The van der Waals surface area contributed by atoms with Crippen LogP contribution in [0.15, 0.2) is 0 Å². The van der Waals surface area contributed by atoms with Gasteiger partial charge in [0.25, 0.3) is 0 Å². The second kappa shape index (κ2) is 4.84. The van der Waals surface area contributed by atoms with Gasteiger partial charge in [-0.2, -0.15) is 0 Å². The third-order valence-electron chi connectivity index (χ3n) is 3.11. The Labute approximate surface area is 104 Å². The molecule has 0 aromatic rings. The first-order chi connectivity index (χ1) is 7.65. The van der Waals surface area contributed by atoms with Crippen LogP contribution in [0.1, 0.15) is 47.5 Å². The van der Waals surface area contributed by atoms with E-state index in [9.17, 15) is 4.79 Å². The largest absolute Gasteiger partial charge is 0.444 e. The van der Waals surface area contributed by atoms with Gasteiger partial charge in [0, 0.05) is 18.7 Å². The lowest BCUT2D eigenvalue weighted by Crippen LogP contribution is -2.45. The predicted molar refractivity (Wildman–Crippen MR) is 66.8 cm³/mol. The average Bonchev–Trinajstić information content (AvgIpc) is 2.38. The van der Waals surface area contributed by atoms with Crippen molar-refractivity contribution >= 4 is 6.09 Å². The van der Waals surface area contributed by atoms with Crippen molar-refractivity contribution in [3.63, 3.8) is 0 Å². The Balaban J connectivity index is 2.67. The molecule has 4 heteroatoms. The Bertz CT molecular complexity index is 281. The van der Waals surface area contributed by atoms with E-state index >= 15 is 0 Å². The molecule has 0 spiro atoms. The van der Waals surface area contributed by atoms with Gasteiger partial charge in [-0.1, -0.05) is 0 Å². The summed E-state index contributed by atoms with van der Waals surface area (Å²) in [6.45, 7) is 10.6. The maximum absolute atomic E-state index is 12.1. The number of hydrogen-bond acceptors (Lipinski definition) is 3. The molecule has 0 saturated carbocycles. The molecule has 1 aliphatic heterocycles. The molecule has 17 heavy (non-hydrogen) atoms. The molecule has 4 nitrogen and oxygen atoms in total. The molecule has 1 rings (SSSR count). The highest BCUT2D eigenvalue weighted by Crippen LogP contribution is 2.35. The van der Waals surface area contributed by atoms with Crippen LogP contribution in [0, 0.1) is 5.92 Å². The van der Waals surface area contributed by atoms with Crippen LogP contribution in [-0.4, -0.2) is 40.4 Å². The van der Waals surface area contributed by atoms with E-state index in [0.717, 1.165) is 12.8 Å². The quantitative estimate of drug-likeness (QED) is 0.810. The molecule has 0 aliphatic carbocycles. The minimum Gasteiger partial charge on any atom is -0.444 e. The minimum atomic E-state index is -0.456. The number of aliphatic hydroxyl groups excluding tert-OH is 1. The van der Waals surface area contributed by atoms with E-state index in [2.05, 4.69) is 0 Å². The number of ether oxygens (including phenoxy) is 1. The van der Waals surface area contributed by atoms with E-state index in [0.29, 0.717) is 12.5 Å². The topological polar surface area (TPSA) is 49.8 Å². The SMILES string of the molecule is CC(C)(C)OC(=O)N1CC(CCO)CC1(C)C. The second-order valence-electron chi connectivity index (χ2n) is 6.49. The number of amides is 1. The van der Waals surface area contributed by atoms with Crippen LogP contribution in [0.4, 0.5) is 4.79 Å². The summed E-state index contributed by atoms with van der Waals surface area (Å²) in [7, 11) is 0. The van der Waals surface area contributed by atoms with Gasteiger partial charge in [0.05, 0.1) is 0 Å². The number of aliphatic hydroxyl groups is 1. The van der Waals surface area contributed by atoms with Crippen molar-refractivity contribution in [1.82, 2.24) is 4.90 Å². The lowest BCUT2D eigenvalue weighted by atomic mass is 9.95. The number of carbonyl (C=O) groups excluding carboxylic acids is 1. The third kappa shape index (κ3) is 3.87. The van der Waals surface area contributed by atoms with Crippen LogP contribution in [-0.2, 0) is 4.74 Å². The summed E-state index contributed by atoms with van der Waals surface area (Å²) in [4.78, 5) is 13.9. The van der Waals surface area contributed by atoms with E-state index in [4.69, 9.17) is 9.84 Å². The molecule has 100 valence electrons. The highest BCUT2D eigenvalue weighted by molar-refractivity contribution is 5.69. The van der Waals surface area contributed by atoms with Crippen LogP contribution in [0.3, 0.4) is 0 Å². The Kier molecular flexibility index (Phi) is 4.07. The van der Waals surface area contributed by atoms with Crippen molar-refractivity contribution in [2.45, 2.75) is 58.6 Å². The maximum atomic E-state index is 12.1. The Morgan fingerprint density at radius 1 is 1.47 bits per heavy atom. The normalized spacial score (nSPS) is 23.9. The zero-order valence-electron chi connectivity index (χ0n) is 11.6. The molecule has 0 bridgehead atoms. The number of hydrogen-bond donors (Lipinski definition) is 1. The summed E-state index contributed by atoms with van der Waals surface area (Å²) < 4.78 is 5.41. The summed E-state index contributed by atoms with van der Waals surface area (Å²) in [5.74, 6) is 0.377. The van der Waals surface area contributed by atoms with Crippen LogP contribution in [0.5, 0.6) is 0 Å².